The minimum Gasteiger partial charge on any atom is -0.394 e. The first-order valence-electron chi connectivity index (χ1n) is 11.5. The number of aliphatic hydroxyl groups excluding tert-OH is 3. The summed E-state index contributed by atoms with van der Waals surface area (Å²) < 4.78 is 37.7. The third kappa shape index (κ3) is 4.29. The van der Waals surface area contributed by atoms with Crippen LogP contribution in [0.1, 0.15) is 44.3 Å². The number of carbonyl (C=O) groups is 1. The van der Waals surface area contributed by atoms with Gasteiger partial charge in [-0.05, 0) is 19.8 Å². The van der Waals surface area contributed by atoms with E-state index in [1.54, 1.807) is 24.3 Å². The van der Waals surface area contributed by atoms with Crippen molar-refractivity contribution in [3.8, 4) is 6.07 Å². The lowest BCUT2D eigenvalue weighted by atomic mass is 9.85. The summed E-state index contributed by atoms with van der Waals surface area (Å²) in [6.45, 7) is 0.00781. The first-order valence-corrected chi connectivity index (χ1v) is 11.5. The van der Waals surface area contributed by atoms with Crippen LogP contribution >= 0.6 is 0 Å². The lowest BCUT2D eigenvalue weighted by Crippen LogP contribution is -2.67. The summed E-state index contributed by atoms with van der Waals surface area (Å²) in [6.07, 6.45) is -2.95. The summed E-state index contributed by atoms with van der Waals surface area (Å²) in [7, 11) is 0. The van der Waals surface area contributed by atoms with Gasteiger partial charge in [-0.15, -0.1) is 0 Å². The fraction of sp³-hybridized carbons (Fsp3) is 0.583. The number of fused-ring (bicyclic) bond motifs is 1. The normalized spacial score (nSPS) is 31.8. The number of carbonyl (C=O) groups excluding carboxylic acids is 1. The molecule has 2 fully saturated rings. The standard InChI is InChI=1S/C24H29F2N3O5/c1-24(26)22(25)19(29-11-14-8-4-5-9-15(14)16(29)10-27)18(21(34-24)20(32)17(31)12-30)28-23(33)13-6-2-3-7-13/h4-5,8-9,11,13,17-22,30-32H,2-3,6-7,12H2,1H3,(H,28,33)/t17-,18-,19-,20-,21-,22?,24?/m1/s1. The molecule has 0 bridgehead atoms. The Hall–Kier alpha value is -2.58. The molecule has 0 radical (unpaired) electrons. The quantitative estimate of drug-likeness (QED) is 0.503. The number of rotatable bonds is 6. The van der Waals surface area contributed by atoms with Crippen LogP contribution < -0.4 is 5.32 Å². The molecule has 1 aromatic heterocycles. The molecule has 2 aromatic rings. The van der Waals surface area contributed by atoms with Crippen molar-refractivity contribution in [2.24, 2.45) is 5.92 Å². The van der Waals surface area contributed by atoms with Gasteiger partial charge in [0.25, 0.3) is 0 Å². The molecule has 4 rings (SSSR count). The van der Waals surface area contributed by atoms with Crippen molar-refractivity contribution in [3.05, 3.63) is 36.2 Å². The molecular weight excluding hydrogens is 448 g/mol. The van der Waals surface area contributed by atoms with Gasteiger partial charge >= 0.3 is 0 Å². The van der Waals surface area contributed by atoms with E-state index in [1.807, 2.05) is 6.07 Å². The second-order valence-electron chi connectivity index (χ2n) is 9.30. The third-order valence-electron chi connectivity index (χ3n) is 7.01. The average molecular weight is 478 g/mol. The Morgan fingerprint density at radius 1 is 1.35 bits per heavy atom. The predicted molar refractivity (Wildman–Crippen MR) is 118 cm³/mol. The number of halogens is 2. The van der Waals surface area contributed by atoms with E-state index >= 15 is 8.78 Å². The van der Waals surface area contributed by atoms with E-state index < -0.39 is 54.9 Å². The number of hydrogen-bond donors (Lipinski definition) is 4. The zero-order valence-electron chi connectivity index (χ0n) is 18.8. The number of hydrogen-bond acceptors (Lipinski definition) is 6. The molecule has 0 spiro atoms. The van der Waals surface area contributed by atoms with E-state index in [2.05, 4.69) is 5.32 Å². The molecule has 1 aliphatic carbocycles. The van der Waals surface area contributed by atoms with Gasteiger partial charge in [0.05, 0.1) is 18.7 Å². The van der Waals surface area contributed by atoms with E-state index in [0.717, 1.165) is 19.8 Å². The number of nitrogens with one attached hydrogen (secondary N) is 1. The lowest BCUT2D eigenvalue weighted by Gasteiger charge is -2.48. The number of aromatic nitrogens is 1. The maximum Gasteiger partial charge on any atom is 0.240 e. The summed E-state index contributed by atoms with van der Waals surface area (Å²) in [5.41, 5.74) is 0.0667. The van der Waals surface area contributed by atoms with Crippen molar-refractivity contribution in [3.63, 3.8) is 0 Å². The SMILES string of the molecule is CC1(F)O[C@@H]([C@H](O)[C@H](O)CO)[C@H](NC(=O)C2CCCC2)[C@@H](n2cc3ccccc3c2C#N)C1F. The highest BCUT2D eigenvalue weighted by molar-refractivity contribution is 5.87. The van der Waals surface area contributed by atoms with Crippen LogP contribution in [0.5, 0.6) is 0 Å². The molecule has 34 heavy (non-hydrogen) atoms. The molecule has 1 saturated carbocycles. The predicted octanol–water partition coefficient (Wildman–Crippen LogP) is 1.87. The Morgan fingerprint density at radius 2 is 2.03 bits per heavy atom. The van der Waals surface area contributed by atoms with Gasteiger partial charge in [-0.1, -0.05) is 37.1 Å². The molecule has 7 atom stereocenters. The van der Waals surface area contributed by atoms with Crippen LogP contribution in [0.15, 0.2) is 30.5 Å². The summed E-state index contributed by atoms with van der Waals surface area (Å²) in [5, 5.41) is 43.9. The zero-order chi connectivity index (χ0) is 24.6. The number of nitrogens with zero attached hydrogens (tertiary/aromatic N) is 2. The van der Waals surface area contributed by atoms with Crippen molar-refractivity contribution in [1.29, 1.82) is 5.26 Å². The number of ether oxygens (including phenoxy) is 1. The molecule has 8 nitrogen and oxygen atoms in total. The van der Waals surface area contributed by atoms with Crippen molar-refractivity contribution >= 4 is 16.7 Å². The number of alkyl halides is 2. The zero-order valence-corrected chi connectivity index (χ0v) is 18.8. The summed E-state index contributed by atoms with van der Waals surface area (Å²) in [4.78, 5) is 13.0. The first-order chi connectivity index (χ1) is 16.2. The average Bonchev–Trinajstić information content (AvgIpc) is 3.48. The molecule has 1 aromatic carbocycles. The van der Waals surface area contributed by atoms with Crippen LogP contribution in [0, 0.1) is 17.2 Å². The molecule has 2 aliphatic rings. The Labute approximate surface area is 195 Å². The molecule has 2 heterocycles. The highest BCUT2D eigenvalue weighted by Crippen LogP contribution is 2.43. The number of aliphatic hydroxyl groups is 3. The van der Waals surface area contributed by atoms with Gasteiger partial charge in [0.15, 0.2) is 6.17 Å². The van der Waals surface area contributed by atoms with Crippen molar-refractivity contribution in [2.45, 2.75) is 75.0 Å². The van der Waals surface area contributed by atoms with E-state index in [0.29, 0.717) is 23.6 Å². The van der Waals surface area contributed by atoms with E-state index in [-0.39, 0.29) is 11.6 Å². The molecule has 1 amide bonds. The Kier molecular flexibility index (Phi) is 6.92. The molecule has 2 unspecified atom stereocenters. The van der Waals surface area contributed by atoms with Crippen LogP contribution in [0.3, 0.4) is 0 Å². The van der Waals surface area contributed by atoms with E-state index in [9.17, 15) is 25.4 Å². The van der Waals surface area contributed by atoms with Crippen LogP contribution in [-0.4, -0.2) is 68.8 Å². The summed E-state index contributed by atoms with van der Waals surface area (Å²) in [5.74, 6) is -3.63. The van der Waals surface area contributed by atoms with Crippen molar-refractivity contribution in [2.75, 3.05) is 6.61 Å². The summed E-state index contributed by atoms with van der Waals surface area (Å²) in [6, 6.07) is 6.10. The van der Waals surface area contributed by atoms with Gasteiger partial charge in [-0.2, -0.15) is 5.26 Å². The minimum absolute atomic E-state index is 0.0667. The Morgan fingerprint density at radius 3 is 2.68 bits per heavy atom. The monoisotopic (exact) mass is 477 g/mol. The Balaban J connectivity index is 1.84. The fourth-order valence-electron chi connectivity index (χ4n) is 5.18. The van der Waals surface area contributed by atoms with Gasteiger partial charge in [0.2, 0.25) is 11.8 Å². The molecule has 184 valence electrons. The maximum absolute atomic E-state index is 15.8. The number of benzene rings is 1. The minimum atomic E-state index is -2.91. The molecule has 10 heteroatoms. The topological polar surface area (TPSA) is 128 Å². The van der Waals surface area contributed by atoms with Crippen LogP contribution in [0.2, 0.25) is 0 Å². The highest BCUT2D eigenvalue weighted by atomic mass is 19.2. The van der Waals surface area contributed by atoms with E-state index in [4.69, 9.17) is 4.74 Å². The van der Waals surface area contributed by atoms with Gasteiger partial charge in [-0.25, -0.2) is 8.78 Å². The second kappa shape index (κ2) is 9.58. The van der Waals surface area contributed by atoms with Gasteiger partial charge < -0.3 is 29.9 Å². The van der Waals surface area contributed by atoms with Crippen molar-refractivity contribution in [1.82, 2.24) is 9.88 Å². The van der Waals surface area contributed by atoms with Gasteiger partial charge in [0, 0.05) is 22.9 Å². The smallest absolute Gasteiger partial charge is 0.240 e. The number of nitriles is 1. The van der Waals surface area contributed by atoms with Crippen LogP contribution in [0.4, 0.5) is 8.78 Å². The number of amides is 1. The highest BCUT2D eigenvalue weighted by Gasteiger charge is 2.57. The molecule has 1 saturated heterocycles. The summed E-state index contributed by atoms with van der Waals surface area (Å²) >= 11 is 0. The third-order valence-corrected chi connectivity index (χ3v) is 7.01. The fourth-order valence-corrected chi connectivity index (χ4v) is 5.18. The largest absolute Gasteiger partial charge is 0.394 e. The van der Waals surface area contributed by atoms with Crippen LogP contribution in [-0.2, 0) is 9.53 Å². The van der Waals surface area contributed by atoms with Gasteiger partial charge in [-0.3, -0.25) is 4.79 Å². The lowest BCUT2D eigenvalue weighted by molar-refractivity contribution is -0.278. The Bertz CT molecular complexity index is 1080. The van der Waals surface area contributed by atoms with Crippen molar-refractivity contribution < 1.29 is 33.6 Å². The van der Waals surface area contributed by atoms with Gasteiger partial charge in [0.1, 0.15) is 30.1 Å². The maximum atomic E-state index is 15.8. The first kappa shape index (κ1) is 24.5. The molecular formula is C24H29F2N3O5. The molecule has 4 N–H and O–H groups in total. The van der Waals surface area contributed by atoms with E-state index in [1.165, 1.54) is 10.8 Å². The second-order valence-corrected chi connectivity index (χ2v) is 9.30. The van der Waals surface area contributed by atoms with Crippen LogP contribution in [0.25, 0.3) is 10.8 Å². The molecule has 1 aliphatic heterocycles.